The number of hydrogen-bond donors (Lipinski definition) is 1. The Bertz CT molecular complexity index is 1230. The molecule has 2 aromatic carbocycles. The third-order valence-corrected chi connectivity index (χ3v) is 5.79. The molecule has 1 N–H and O–H groups in total. The molecule has 0 spiro atoms. The van der Waals surface area contributed by atoms with Crippen molar-refractivity contribution in [1.82, 2.24) is 19.9 Å². The van der Waals surface area contributed by atoms with E-state index in [0.29, 0.717) is 6.54 Å². The first kappa shape index (κ1) is 25.9. The Hall–Kier alpha value is -3.67. The topological polar surface area (TPSA) is 71.1 Å². The SMILES string of the molecule is CCCOc1ccc(-c2ccc3nc(C)[nH]c3c2)cc1CC.CCN(Cc1ccncc1)C(C)=O. The number of hydrogen-bond acceptors (Lipinski definition) is 4. The van der Waals surface area contributed by atoms with E-state index in [1.54, 1.807) is 24.2 Å². The summed E-state index contributed by atoms with van der Waals surface area (Å²) in [4.78, 5) is 24.6. The number of H-pyrrole nitrogens is 1. The highest BCUT2D eigenvalue weighted by molar-refractivity contribution is 5.82. The maximum Gasteiger partial charge on any atom is 0.219 e. The van der Waals surface area contributed by atoms with Crippen LogP contribution < -0.4 is 4.74 Å². The Morgan fingerprint density at radius 2 is 1.71 bits per heavy atom. The highest BCUT2D eigenvalue weighted by Gasteiger charge is 2.08. The van der Waals surface area contributed by atoms with Crippen LogP contribution in [0.25, 0.3) is 22.2 Å². The number of ether oxygens (including phenoxy) is 1. The second kappa shape index (κ2) is 12.7. The summed E-state index contributed by atoms with van der Waals surface area (Å²) >= 11 is 0. The van der Waals surface area contributed by atoms with Crippen LogP contribution in [0.3, 0.4) is 0 Å². The van der Waals surface area contributed by atoms with Gasteiger partial charge in [-0.3, -0.25) is 9.78 Å². The summed E-state index contributed by atoms with van der Waals surface area (Å²) in [5, 5.41) is 0. The van der Waals surface area contributed by atoms with Crippen molar-refractivity contribution in [2.24, 2.45) is 0 Å². The highest BCUT2D eigenvalue weighted by atomic mass is 16.5. The molecule has 4 rings (SSSR count). The van der Waals surface area contributed by atoms with Crippen molar-refractivity contribution >= 4 is 16.9 Å². The molecule has 6 heteroatoms. The summed E-state index contributed by atoms with van der Waals surface area (Å²) in [7, 11) is 0. The van der Waals surface area contributed by atoms with Gasteiger partial charge >= 0.3 is 0 Å². The lowest BCUT2D eigenvalue weighted by molar-refractivity contribution is -0.129. The second-order valence-corrected chi connectivity index (χ2v) is 8.47. The Labute approximate surface area is 208 Å². The molecule has 1 amide bonds. The maximum absolute atomic E-state index is 11.1. The molecule has 0 radical (unpaired) electrons. The van der Waals surface area contributed by atoms with E-state index in [1.165, 1.54) is 16.7 Å². The van der Waals surface area contributed by atoms with Crippen molar-refractivity contribution in [3.8, 4) is 16.9 Å². The summed E-state index contributed by atoms with van der Waals surface area (Å²) < 4.78 is 5.83. The fourth-order valence-electron chi connectivity index (χ4n) is 3.86. The van der Waals surface area contributed by atoms with Gasteiger partial charge < -0.3 is 14.6 Å². The molecule has 0 saturated heterocycles. The summed E-state index contributed by atoms with van der Waals surface area (Å²) in [6.07, 6.45) is 5.48. The van der Waals surface area contributed by atoms with Gasteiger partial charge in [0, 0.05) is 32.4 Å². The number of fused-ring (bicyclic) bond motifs is 1. The number of rotatable bonds is 8. The van der Waals surface area contributed by atoms with E-state index in [0.717, 1.165) is 54.2 Å². The fourth-order valence-corrected chi connectivity index (χ4v) is 3.86. The van der Waals surface area contributed by atoms with E-state index in [2.05, 4.69) is 65.2 Å². The molecule has 0 aliphatic carbocycles. The minimum absolute atomic E-state index is 0.110. The molecule has 0 aliphatic rings. The number of carbonyl (C=O) groups is 1. The zero-order chi connectivity index (χ0) is 25.2. The molecule has 0 unspecified atom stereocenters. The lowest BCUT2D eigenvalue weighted by atomic mass is 10.0. The molecule has 0 bridgehead atoms. The van der Waals surface area contributed by atoms with Gasteiger partial charge in [0.25, 0.3) is 0 Å². The number of nitrogens with zero attached hydrogens (tertiary/aromatic N) is 3. The zero-order valence-corrected chi connectivity index (χ0v) is 21.5. The van der Waals surface area contributed by atoms with E-state index in [-0.39, 0.29) is 5.91 Å². The van der Waals surface area contributed by atoms with Crippen LogP contribution in [0.15, 0.2) is 60.9 Å². The average Bonchev–Trinajstić information content (AvgIpc) is 3.26. The van der Waals surface area contributed by atoms with Crippen molar-refractivity contribution in [2.75, 3.05) is 13.2 Å². The van der Waals surface area contributed by atoms with E-state index in [1.807, 2.05) is 26.0 Å². The Balaban J connectivity index is 0.000000225. The molecule has 35 heavy (non-hydrogen) atoms. The Morgan fingerprint density at radius 1 is 1.00 bits per heavy atom. The number of benzene rings is 2. The number of pyridine rings is 1. The van der Waals surface area contributed by atoms with Crippen LogP contribution in [0.1, 0.15) is 51.1 Å². The Morgan fingerprint density at radius 3 is 2.37 bits per heavy atom. The predicted octanol–water partition coefficient (Wildman–Crippen LogP) is 6.34. The molecular weight excluding hydrogens is 436 g/mol. The molecule has 2 heterocycles. The molecule has 0 aliphatic heterocycles. The van der Waals surface area contributed by atoms with Crippen molar-refractivity contribution in [3.05, 3.63) is 77.9 Å². The third-order valence-electron chi connectivity index (χ3n) is 5.79. The monoisotopic (exact) mass is 472 g/mol. The van der Waals surface area contributed by atoms with E-state index >= 15 is 0 Å². The van der Waals surface area contributed by atoms with Crippen LogP contribution in [-0.4, -0.2) is 38.9 Å². The van der Waals surface area contributed by atoms with Gasteiger partial charge in [0.2, 0.25) is 5.91 Å². The van der Waals surface area contributed by atoms with Gasteiger partial charge in [-0.1, -0.05) is 26.0 Å². The van der Waals surface area contributed by atoms with Crippen molar-refractivity contribution in [1.29, 1.82) is 0 Å². The van der Waals surface area contributed by atoms with Crippen molar-refractivity contribution in [2.45, 2.75) is 54.0 Å². The molecular formula is C29H36N4O2. The van der Waals surface area contributed by atoms with E-state index < -0.39 is 0 Å². The molecule has 0 atom stereocenters. The van der Waals surface area contributed by atoms with Gasteiger partial charge in [-0.25, -0.2) is 4.98 Å². The second-order valence-electron chi connectivity index (χ2n) is 8.47. The maximum atomic E-state index is 11.1. The first-order valence-electron chi connectivity index (χ1n) is 12.3. The van der Waals surface area contributed by atoms with Gasteiger partial charge in [-0.2, -0.15) is 0 Å². The third kappa shape index (κ3) is 7.15. The smallest absolute Gasteiger partial charge is 0.219 e. The molecule has 6 nitrogen and oxygen atoms in total. The quantitative estimate of drug-likeness (QED) is 0.325. The minimum Gasteiger partial charge on any atom is -0.493 e. The lowest BCUT2D eigenvalue weighted by Crippen LogP contribution is -2.27. The van der Waals surface area contributed by atoms with Gasteiger partial charge in [0.05, 0.1) is 17.6 Å². The largest absolute Gasteiger partial charge is 0.493 e. The van der Waals surface area contributed by atoms with Gasteiger partial charge in [-0.15, -0.1) is 0 Å². The van der Waals surface area contributed by atoms with Crippen LogP contribution in [0.5, 0.6) is 5.75 Å². The van der Waals surface area contributed by atoms with Gasteiger partial charge in [0.15, 0.2) is 0 Å². The van der Waals surface area contributed by atoms with Crippen LogP contribution >= 0.6 is 0 Å². The number of aromatic nitrogens is 3. The number of aromatic amines is 1. The molecule has 4 aromatic rings. The normalized spacial score (nSPS) is 10.5. The molecule has 0 fully saturated rings. The number of carbonyl (C=O) groups excluding carboxylic acids is 1. The first-order chi connectivity index (χ1) is 16.9. The number of imidazole rings is 1. The summed E-state index contributed by atoms with van der Waals surface area (Å²) in [5.74, 6) is 2.07. The molecule has 184 valence electrons. The van der Waals surface area contributed by atoms with E-state index in [4.69, 9.17) is 4.74 Å². The first-order valence-corrected chi connectivity index (χ1v) is 12.3. The number of amides is 1. The van der Waals surface area contributed by atoms with Crippen molar-refractivity contribution < 1.29 is 9.53 Å². The van der Waals surface area contributed by atoms with Gasteiger partial charge in [-0.05, 0) is 85.3 Å². The lowest BCUT2D eigenvalue weighted by Gasteiger charge is -2.18. The summed E-state index contributed by atoms with van der Waals surface area (Å²) in [6.45, 7) is 12.0. The van der Waals surface area contributed by atoms with Crippen LogP contribution in [0, 0.1) is 6.92 Å². The van der Waals surface area contributed by atoms with Crippen LogP contribution in [0.4, 0.5) is 0 Å². The minimum atomic E-state index is 0.110. The Kier molecular flexibility index (Phi) is 9.41. The fraction of sp³-hybridized carbons (Fsp3) is 0.345. The molecule has 0 saturated carbocycles. The predicted molar refractivity (Wildman–Crippen MR) is 142 cm³/mol. The summed E-state index contributed by atoms with van der Waals surface area (Å²) in [5.41, 5.74) is 6.89. The van der Waals surface area contributed by atoms with Crippen LogP contribution in [-0.2, 0) is 17.8 Å². The van der Waals surface area contributed by atoms with Crippen LogP contribution in [0.2, 0.25) is 0 Å². The zero-order valence-electron chi connectivity index (χ0n) is 21.5. The number of aryl methyl sites for hydroxylation is 2. The average molecular weight is 473 g/mol. The van der Waals surface area contributed by atoms with E-state index in [9.17, 15) is 4.79 Å². The van der Waals surface area contributed by atoms with Gasteiger partial charge in [0.1, 0.15) is 11.6 Å². The highest BCUT2D eigenvalue weighted by Crippen LogP contribution is 2.29. The van der Waals surface area contributed by atoms with Crippen molar-refractivity contribution in [3.63, 3.8) is 0 Å². The summed E-state index contributed by atoms with van der Waals surface area (Å²) in [6, 6.07) is 16.7. The number of nitrogens with one attached hydrogen (secondary N) is 1. The molecule has 2 aromatic heterocycles. The standard InChI is InChI=1S/C19H22N2O.C10H14N2O/c1-4-10-22-19-9-7-15(11-14(19)5-2)16-6-8-17-18(12-16)21-13(3)20-17;1-3-12(9(2)13)8-10-4-6-11-7-5-10/h6-9,11-12H,4-5,10H2,1-3H3,(H,20,21);4-7H,3,8H2,1-2H3.